The molecule has 1 aromatic carbocycles. The Morgan fingerprint density at radius 1 is 1.14 bits per heavy atom. The minimum atomic E-state index is -0.0800. The van der Waals surface area contributed by atoms with Crippen LogP contribution in [0.4, 0.5) is 0 Å². The van der Waals surface area contributed by atoms with Crippen molar-refractivity contribution >= 4 is 11.8 Å². The van der Waals surface area contributed by atoms with Crippen LogP contribution in [0.15, 0.2) is 18.2 Å². The van der Waals surface area contributed by atoms with Crippen molar-refractivity contribution in [3.05, 3.63) is 34.9 Å². The van der Waals surface area contributed by atoms with Crippen LogP contribution in [0.25, 0.3) is 0 Å². The number of ether oxygens (including phenoxy) is 1. The van der Waals surface area contributed by atoms with E-state index in [9.17, 15) is 9.59 Å². The Morgan fingerprint density at radius 3 is 2.59 bits per heavy atom. The molecule has 0 aromatic heterocycles. The average Bonchev–Trinajstić information content (AvgIpc) is 3.56. The predicted molar refractivity (Wildman–Crippen MR) is 113 cm³/mol. The third kappa shape index (κ3) is 4.82. The molecule has 1 aromatic rings. The Bertz CT molecular complexity index is 763. The second-order valence-electron chi connectivity index (χ2n) is 9.34. The quantitative estimate of drug-likeness (QED) is 0.824. The van der Waals surface area contributed by atoms with E-state index in [4.69, 9.17) is 4.74 Å². The van der Waals surface area contributed by atoms with Gasteiger partial charge in [0.2, 0.25) is 5.91 Å². The molecule has 158 valence electrons. The highest BCUT2D eigenvalue weighted by molar-refractivity contribution is 5.94. The molecule has 4 rings (SSSR count). The van der Waals surface area contributed by atoms with E-state index in [1.165, 1.54) is 5.56 Å². The lowest BCUT2D eigenvalue weighted by Gasteiger charge is -2.46. The van der Waals surface area contributed by atoms with E-state index in [-0.39, 0.29) is 23.3 Å². The zero-order chi connectivity index (χ0) is 20.4. The number of piperidine rings is 1. The smallest absolute Gasteiger partial charge is 0.253 e. The van der Waals surface area contributed by atoms with E-state index < -0.39 is 0 Å². The second kappa shape index (κ2) is 8.47. The summed E-state index contributed by atoms with van der Waals surface area (Å²) >= 11 is 0. The van der Waals surface area contributed by atoms with E-state index in [2.05, 4.69) is 19.2 Å². The minimum Gasteiger partial charge on any atom is -0.375 e. The Hall–Kier alpha value is -1.88. The van der Waals surface area contributed by atoms with Gasteiger partial charge in [0, 0.05) is 37.7 Å². The summed E-state index contributed by atoms with van der Waals surface area (Å²) < 4.78 is 6.26. The van der Waals surface area contributed by atoms with E-state index >= 15 is 0 Å². The lowest BCUT2D eigenvalue weighted by molar-refractivity contribution is -0.125. The molecule has 1 atom stereocenters. The molecule has 1 saturated carbocycles. The summed E-state index contributed by atoms with van der Waals surface area (Å²) in [7, 11) is 0. The molecule has 2 saturated heterocycles. The van der Waals surface area contributed by atoms with Gasteiger partial charge in [-0.2, -0.15) is 0 Å². The SMILES string of the molecule is Cc1ccc(C(=O)N2CCC3(CC2)CC(CCNC(=O)C2CC2)CCO3)cc1C. The molecule has 1 N–H and O–H groups in total. The number of carbonyl (C=O) groups is 2. The number of benzene rings is 1. The summed E-state index contributed by atoms with van der Waals surface area (Å²) in [6.45, 7) is 7.23. The number of nitrogens with zero attached hydrogens (tertiary/aromatic N) is 1. The van der Waals surface area contributed by atoms with Crippen molar-refractivity contribution < 1.29 is 14.3 Å². The number of hydrogen-bond acceptors (Lipinski definition) is 3. The van der Waals surface area contributed by atoms with E-state index in [1.54, 1.807) is 0 Å². The maximum Gasteiger partial charge on any atom is 0.253 e. The lowest BCUT2D eigenvalue weighted by atomic mass is 9.78. The van der Waals surface area contributed by atoms with Crippen molar-refractivity contribution in [1.82, 2.24) is 10.2 Å². The zero-order valence-corrected chi connectivity index (χ0v) is 17.8. The first-order valence-electron chi connectivity index (χ1n) is 11.2. The molecule has 1 spiro atoms. The highest BCUT2D eigenvalue weighted by Gasteiger charge is 2.41. The third-order valence-corrected chi connectivity index (χ3v) is 7.11. The molecule has 0 bridgehead atoms. The van der Waals surface area contributed by atoms with Gasteiger partial charge in [-0.05, 0) is 88.0 Å². The summed E-state index contributed by atoms with van der Waals surface area (Å²) in [4.78, 5) is 26.7. The van der Waals surface area contributed by atoms with Crippen molar-refractivity contribution in [1.29, 1.82) is 0 Å². The van der Waals surface area contributed by atoms with Gasteiger partial charge in [-0.3, -0.25) is 9.59 Å². The van der Waals surface area contributed by atoms with Crippen LogP contribution in [0.3, 0.4) is 0 Å². The van der Waals surface area contributed by atoms with Gasteiger partial charge in [-0.1, -0.05) is 6.07 Å². The van der Waals surface area contributed by atoms with Crippen molar-refractivity contribution in [2.45, 2.75) is 64.4 Å². The molecule has 1 aliphatic carbocycles. The molecular formula is C24H34N2O3. The summed E-state index contributed by atoms with van der Waals surface area (Å²) in [6, 6.07) is 5.98. The van der Waals surface area contributed by atoms with Gasteiger partial charge in [-0.25, -0.2) is 0 Å². The van der Waals surface area contributed by atoms with Gasteiger partial charge < -0.3 is 15.0 Å². The van der Waals surface area contributed by atoms with E-state index in [1.807, 2.05) is 23.1 Å². The molecule has 0 radical (unpaired) electrons. The molecule has 2 amide bonds. The van der Waals surface area contributed by atoms with Crippen LogP contribution in [0.2, 0.25) is 0 Å². The minimum absolute atomic E-state index is 0.0800. The number of likely N-dealkylation sites (tertiary alicyclic amines) is 1. The van der Waals surface area contributed by atoms with Crippen LogP contribution in [0.1, 0.15) is 66.4 Å². The lowest BCUT2D eigenvalue weighted by Crippen LogP contribution is -2.51. The molecule has 5 nitrogen and oxygen atoms in total. The maximum absolute atomic E-state index is 12.9. The number of amides is 2. The Kier molecular flexibility index (Phi) is 5.95. The fraction of sp³-hybridized carbons (Fsp3) is 0.667. The fourth-order valence-corrected chi connectivity index (χ4v) is 4.79. The summed E-state index contributed by atoms with van der Waals surface area (Å²) in [5.74, 6) is 1.27. The normalized spacial score (nSPS) is 23.8. The first kappa shape index (κ1) is 20.4. The summed E-state index contributed by atoms with van der Waals surface area (Å²) in [5, 5.41) is 3.10. The van der Waals surface area contributed by atoms with Gasteiger partial charge >= 0.3 is 0 Å². The molecule has 29 heavy (non-hydrogen) atoms. The number of aryl methyl sites for hydroxylation is 2. The van der Waals surface area contributed by atoms with Crippen LogP contribution in [0.5, 0.6) is 0 Å². The standard InChI is InChI=1S/C24H34N2O3/c1-17-3-4-21(15-18(17)2)23(28)26-12-9-24(10-13-26)16-19(8-14-29-24)7-11-25-22(27)20-5-6-20/h3-4,15,19-20H,5-14,16H2,1-2H3,(H,25,27). The number of rotatable bonds is 5. The van der Waals surface area contributed by atoms with Crippen molar-refractivity contribution in [2.75, 3.05) is 26.2 Å². The molecule has 2 heterocycles. The van der Waals surface area contributed by atoms with Gasteiger partial charge in [0.15, 0.2) is 0 Å². The number of carbonyl (C=O) groups excluding carboxylic acids is 2. The third-order valence-electron chi connectivity index (χ3n) is 7.11. The molecule has 3 aliphatic rings. The monoisotopic (exact) mass is 398 g/mol. The Balaban J connectivity index is 1.27. The highest BCUT2D eigenvalue weighted by Crippen LogP contribution is 2.39. The largest absolute Gasteiger partial charge is 0.375 e. The molecule has 1 unspecified atom stereocenters. The summed E-state index contributed by atoms with van der Waals surface area (Å²) in [6.07, 6.45) is 7.11. The van der Waals surface area contributed by atoms with Crippen LogP contribution >= 0.6 is 0 Å². The van der Waals surface area contributed by atoms with Gasteiger partial charge in [-0.15, -0.1) is 0 Å². The molecule has 5 heteroatoms. The maximum atomic E-state index is 12.9. The summed E-state index contributed by atoms with van der Waals surface area (Å²) in [5.41, 5.74) is 3.09. The average molecular weight is 399 g/mol. The second-order valence-corrected chi connectivity index (χ2v) is 9.34. The Labute approximate surface area is 174 Å². The predicted octanol–water partition coefficient (Wildman–Crippen LogP) is 3.62. The molecule has 2 aliphatic heterocycles. The first-order chi connectivity index (χ1) is 14.0. The van der Waals surface area contributed by atoms with Crippen LogP contribution in [0, 0.1) is 25.7 Å². The fourth-order valence-electron chi connectivity index (χ4n) is 4.79. The van der Waals surface area contributed by atoms with Crippen molar-refractivity contribution in [3.8, 4) is 0 Å². The van der Waals surface area contributed by atoms with E-state index in [0.29, 0.717) is 5.92 Å². The van der Waals surface area contributed by atoms with Gasteiger partial charge in [0.05, 0.1) is 5.60 Å². The van der Waals surface area contributed by atoms with Crippen LogP contribution in [-0.2, 0) is 9.53 Å². The van der Waals surface area contributed by atoms with Crippen LogP contribution in [-0.4, -0.2) is 48.6 Å². The highest BCUT2D eigenvalue weighted by atomic mass is 16.5. The molecule has 3 fully saturated rings. The van der Waals surface area contributed by atoms with Crippen molar-refractivity contribution in [2.24, 2.45) is 11.8 Å². The van der Waals surface area contributed by atoms with Gasteiger partial charge in [0.1, 0.15) is 0 Å². The Morgan fingerprint density at radius 2 is 1.90 bits per heavy atom. The number of hydrogen-bond donors (Lipinski definition) is 1. The van der Waals surface area contributed by atoms with Gasteiger partial charge in [0.25, 0.3) is 5.91 Å². The van der Waals surface area contributed by atoms with E-state index in [0.717, 1.165) is 82.3 Å². The van der Waals surface area contributed by atoms with Crippen molar-refractivity contribution in [3.63, 3.8) is 0 Å². The molecular weight excluding hydrogens is 364 g/mol. The zero-order valence-electron chi connectivity index (χ0n) is 17.8. The first-order valence-corrected chi connectivity index (χ1v) is 11.2. The van der Waals surface area contributed by atoms with Crippen LogP contribution < -0.4 is 5.32 Å². The number of nitrogens with one attached hydrogen (secondary N) is 1. The topological polar surface area (TPSA) is 58.6 Å².